The SMILES string of the molecule is Cc1ccc(/C=C/C(=O)Nc2ccc(S(=O)(=O)NCC(F)(F)F)cc2)cc1. The summed E-state index contributed by atoms with van der Waals surface area (Å²) in [7, 11) is -4.29. The molecular weight excluding hydrogens is 381 g/mol. The topological polar surface area (TPSA) is 75.3 Å². The van der Waals surface area contributed by atoms with E-state index < -0.39 is 28.7 Å². The second-order valence-electron chi connectivity index (χ2n) is 5.70. The largest absolute Gasteiger partial charge is 0.402 e. The Morgan fingerprint density at radius 2 is 1.63 bits per heavy atom. The van der Waals surface area contributed by atoms with Crippen molar-refractivity contribution in [1.29, 1.82) is 0 Å². The molecule has 2 aromatic carbocycles. The molecule has 0 aliphatic carbocycles. The van der Waals surface area contributed by atoms with Gasteiger partial charge >= 0.3 is 6.18 Å². The summed E-state index contributed by atoms with van der Waals surface area (Å²) < 4.78 is 61.5. The minimum Gasteiger partial charge on any atom is -0.323 e. The maximum absolute atomic E-state index is 12.1. The zero-order valence-electron chi connectivity index (χ0n) is 14.2. The van der Waals surface area contributed by atoms with Gasteiger partial charge in [0.05, 0.1) is 4.90 Å². The average Bonchev–Trinajstić information content (AvgIpc) is 2.60. The van der Waals surface area contributed by atoms with Gasteiger partial charge in [-0.15, -0.1) is 0 Å². The van der Waals surface area contributed by atoms with Gasteiger partial charge in [-0.05, 0) is 42.8 Å². The van der Waals surface area contributed by atoms with Crippen molar-refractivity contribution in [3.63, 3.8) is 0 Å². The van der Waals surface area contributed by atoms with Crippen molar-refractivity contribution in [3.8, 4) is 0 Å². The van der Waals surface area contributed by atoms with Crippen molar-refractivity contribution >= 4 is 27.7 Å². The van der Waals surface area contributed by atoms with Crippen LogP contribution in [0.1, 0.15) is 11.1 Å². The summed E-state index contributed by atoms with van der Waals surface area (Å²) in [4.78, 5) is 11.6. The second kappa shape index (κ2) is 8.36. The van der Waals surface area contributed by atoms with Gasteiger partial charge in [-0.2, -0.15) is 13.2 Å². The van der Waals surface area contributed by atoms with Crippen molar-refractivity contribution in [2.75, 3.05) is 11.9 Å². The van der Waals surface area contributed by atoms with Gasteiger partial charge in [-0.25, -0.2) is 13.1 Å². The smallest absolute Gasteiger partial charge is 0.323 e. The molecule has 0 atom stereocenters. The predicted molar refractivity (Wildman–Crippen MR) is 96.5 cm³/mol. The highest BCUT2D eigenvalue weighted by atomic mass is 32.2. The minimum atomic E-state index is -4.65. The Hall–Kier alpha value is -2.65. The summed E-state index contributed by atoms with van der Waals surface area (Å²) in [5.41, 5.74) is 2.24. The Morgan fingerprint density at radius 3 is 2.19 bits per heavy atom. The van der Waals surface area contributed by atoms with Gasteiger partial charge in [-0.1, -0.05) is 29.8 Å². The fourth-order valence-corrected chi connectivity index (χ4v) is 3.03. The van der Waals surface area contributed by atoms with E-state index in [1.165, 1.54) is 22.9 Å². The Morgan fingerprint density at radius 1 is 1.04 bits per heavy atom. The number of aryl methyl sites for hydroxylation is 1. The molecule has 0 bridgehead atoms. The maximum atomic E-state index is 12.1. The fourth-order valence-electron chi connectivity index (χ4n) is 2.01. The van der Waals surface area contributed by atoms with Gasteiger partial charge < -0.3 is 5.32 Å². The molecule has 0 aliphatic heterocycles. The van der Waals surface area contributed by atoms with E-state index in [9.17, 15) is 26.4 Å². The zero-order valence-corrected chi connectivity index (χ0v) is 15.1. The number of anilines is 1. The Labute approximate surface area is 155 Å². The molecule has 0 fully saturated rings. The van der Waals surface area contributed by atoms with Crippen molar-refractivity contribution in [3.05, 3.63) is 65.7 Å². The Balaban J connectivity index is 1.98. The number of halogens is 3. The van der Waals surface area contributed by atoms with E-state index in [1.807, 2.05) is 31.2 Å². The quantitative estimate of drug-likeness (QED) is 0.732. The van der Waals surface area contributed by atoms with Gasteiger partial charge in [0, 0.05) is 11.8 Å². The number of hydrogen-bond donors (Lipinski definition) is 2. The van der Waals surface area contributed by atoms with Crippen LogP contribution in [0.2, 0.25) is 0 Å². The van der Waals surface area contributed by atoms with Crippen molar-refractivity contribution in [1.82, 2.24) is 4.72 Å². The van der Waals surface area contributed by atoms with Crippen LogP contribution in [0.5, 0.6) is 0 Å². The van der Waals surface area contributed by atoms with Crippen molar-refractivity contribution in [2.24, 2.45) is 0 Å². The third-order valence-electron chi connectivity index (χ3n) is 3.40. The standard InChI is InChI=1S/C18H17F3N2O3S/c1-13-2-4-14(5-3-13)6-11-17(24)23-15-7-9-16(10-8-15)27(25,26)22-12-18(19,20)21/h2-11,22H,12H2,1H3,(H,23,24)/b11-6+. The van der Waals surface area contributed by atoms with Crippen LogP contribution >= 0.6 is 0 Å². The van der Waals surface area contributed by atoms with Gasteiger partial charge in [0.1, 0.15) is 6.54 Å². The number of nitrogens with one attached hydrogen (secondary N) is 2. The fraction of sp³-hybridized carbons (Fsp3) is 0.167. The first-order valence-electron chi connectivity index (χ1n) is 7.77. The van der Waals surface area contributed by atoms with Gasteiger partial charge in [0.15, 0.2) is 0 Å². The molecule has 9 heteroatoms. The highest BCUT2D eigenvalue weighted by Gasteiger charge is 2.30. The molecule has 2 aromatic rings. The first-order valence-corrected chi connectivity index (χ1v) is 9.26. The molecule has 0 saturated heterocycles. The van der Waals surface area contributed by atoms with E-state index in [1.54, 1.807) is 6.08 Å². The summed E-state index contributed by atoms with van der Waals surface area (Å²) in [6.07, 6.45) is -1.71. The van der Waals surface area contributed by atoms with Crippen LogP contribution in [0.4, 0.5) is 18.9 Å². The number of alkyl halides is 3. The molecule has 0 radical (unpaired) electrons. The molecule has 0 spiro atoms. The molecule has 0 heterocycles. The molecule has 0 unspecified atom stereocenters. The minimum absolute atomic E-state index is 0.309. The van der Waals surface area contributed by atoms with E-state index in [2.05, 4.69) is 5.32 Å². The number of amides is 1. The van der Waals surface area contributed by atoms with Crippen LogP contribution in [-0.4, -0.2) is 27.0 Å². The van der Waals surface area contributed by atoms with Crippen LogP contribution < -0.4 is 10.0 Å². The monoisotopic (exact) mass is 398 g/mol. The van der Waals surface area contributed by atoms with Crippen molar-refractivity contribution < 1.29 is 26.4 Å². The first kappa shape index (κ1) is 20.7. The molecule has 0 aromatic heterocycles. The normalized spacial score (nSPS) is 12.3. The van der Waals surface area contributed by atoms with E-state index in [-0.39, 0.29) is 4.90 Å². The summed E-state index contributed by atoms with van der Waals surface area (Å²) in [6, 6.07) is 12.3. The van der Waals surface area contributed by atoms with E-state index in [4.69, 9.17) is 0 Å². The van der Waals surface area contributed by atoms with Crippen LogP contribution in [0.3, 0.4) is 0 Å². The maximum Gasteiger partial charge on any atom is 0.402 e. The summed E-state index contributed by atoms with van der Waals surface area (Å²) in [5, 5.41) is 2.54. The molecule has 0 saturated carbocycles. The van der Waals surface area contributed by atoms with Gasteiger partial charge in [0.25, 0.3) is 0 Å². The molecule has 2 rings (SSSR count). The lowest BCUT2D eigenvalue weighted by molar-refractivity contribution is -0.121. The number of carbonyl (C=O) groups is 1. The van der Waals surface area contributed by atoms with Crippen LogP contribution in [0, 0.1) is 6.92 Å². The highest BCUT2D eigenvalue weighted by Crippen LogP contribution is 2.17. The van der Waals surface area contributed by atoms with Gasteiger partial charge in [0.2, 0.25) is 15.9 Å². The molecule has 27 heavy (non-hydrogen) atoms. The average molecular weight is 398 g/mol. The highest BCUT2D eigenvalue weighted by molar-refractivity contribution is 7.89. The lowest BCUT2D eigenvalue weighted by atomic mass is 10.1. The van der Waals surface area contributed by atoms with Crippen molar-refractivity contribution in [2.45, 2.75) is 18.0 Å². The summed E-state index contributed by atoms with van der Waals surface area (Å²) in [6.45, 7) is 0.292. The third-order valence-corrected chi connectivity index (χ3v) is 4.82. The number of hydrogen-bond acceptors (Lipinski definition) is 3. The summed E-state index contributed by atoms with van der Waals surface area (Å²) >= 11 is 0. The number of carbonyl (C=O) groups excluding carboxylic acids is 1. The Bertz CT molecular complexity index is 920. The molecule has 1 amide bonds. The van der Waals surface area contributed by atoms with E-state index >= 15 is 0 Å². The number of rotatable bonds is 6. The first-order chi connectivity index (χ1) is 12.5. The van der Waals surface area contributed by atoms with E-state index in [0.29, 0.717) is 5.69 Å². The van der Waals surface area contributed by atoms with Crippen LogP contribution in [0.15, 0.2) is 59.5 Å². The number of benzene rings is 2. The molecule has 144 valence electrons. The zero-order chi connectivity index (χ0) is 20.1. The third kappa shape index (κ3) is 6.87. The second-order valence-corrected chi connectivity index (χ2v) is 7.46. The van der Waals surface area contributed by atoms with Gasteiger partial charge in [-0.3, -0.25) is 4.79 Å². The Kier molecular flexibility index (Phi) is 6.40. The number of sulfonamides is 1. The lowest BCUT2D eigenvalue weighted by Crippen LogP contribution is -2.33. The molecule has 2 N–H and O–H groups in total. The van der Waals surface area contributed by atoms with Crippen LogP contribution in [0.25, 0.3) is 6.08 Å². The molecule has 0 aliphatic rings. The lowest BCUT2D eigenvalue weighted by Gasteiger charge is -2.10. The predicted octanol–water partition coefficient (Wildman–Crippen LogP) is 3.49. The molecular formula is C18H17F3N2O3S. The van der Waals surface area contributed by atoms with Crippen LogP contribution in [-0.2, 0) is 14.8 Å². The molecule has 5 nitrogen and oxygen atoms in total. The van der Waals surface area contributed by atoms with E-state index in [0.717, 1.165) is 23.3 Å². The summed E-state index contributed by atoms with van der Waals surface area (Å²) in [5.74, 6) is -0.429.